The Morgan fingerprint density at radius 3 is 2.94 bits per heavy atom. The van der Waals surface area contributed by atoms with Crippen molar-refractivity contribution in [3.05, 3.63) is 20.3 Å². The van der Waals surface area contributed by atoms with Crippen LogP contribution in [0.15, 0.2) is 9.85 Å². The molecular formula is C11H15BrN2OS. The van der Waals surface area contributed by atoms with Crippen LogP contribution in [0.4, 0.5) is 0 Å². The van der Waals surface area contributed by atoms with E-state index >= 15 is 0 Å². The number of halogens is 1. The zero-order chi connectivity index (χ0) is 11.7. The van der Waals surface area contributed by atoms with E-state index in [0.29, 0.717) is 6.04 Å². The third-order valence-corrected chi connectivity index (χ3v) is 4.94. The highest BCUT2D eigenvalue weighted by atomic mass is 79.9. The van der Waals surface area contributed by atoms with Crippen molar-refractivity contribution in [1.82, 2.24) is 10.2 Å². The van der Waals surface area contributed by atoms with Gasteiger partial charge in [-0.2, -0.15) is 0 Å². The molecule has 1 N–H and O–H groups in total. The summed E-state index contributed by atoms with van der Waals surface area (Å²) in [7, 11) is 2.08. The molecule has 1 fully saturated rings. The summed E-state index contributed by atoms with van der Waals surface area (Å²) in [5.41, 5.74) is 1.12. The molecule has 3 nitrogen and oxygen atoms in total. The predicted octanol–water partition coefficient (Wildman–Crippen LogP) is 2.25. The Labute approximate surface area is 108 Å². The monoisotopic (exact) mass is 302 g/mol. The predicted molar refractivity (Wildman–Crippen MR) is 70.1 cm³/mol. The normalized spacial score (nSPS) is 21.3. The molecule has 1 atom stereocenters. The van der Waals surface area contributed by atoms with Crippen LogP contribution in [-0.4, -0.2) is 37.0 Å². The van der Waals surface area contributed by atoms with E-state index in [-0.39, 0.29) is 5.91 Å². The van der Waals surface area contributed by atoms with Crippen molar-refractivity contribution in [3.63, 3.8) is 0 Å². The van der Waals surface area contributed by atoms with E-state index in [0.717, 1.165) is 33.7 Å². The van der Waals surface area contributed by atoms with E-state index in [1.807, 2.05) is 13.0 Å². The van der Waals surface area contributed by atoms with E-state index in [1.165, 1.54) is 11.3 Å². The molecular weight excluding hydrogens is 288 g/mol. The van der Waals surface area contributed by atoms with Gasteiger partial charge >= 0.3 is 0 Å². The van der Waals surface area contributed by atoms with Crippen LogP contribution < -0.4 is 5.32 Å². The summed E-state index contributed by atoms with van der Waals surface area (Å²) in [5.74, 6) is 0.0547. The van der Waals surface area contributed by atoms with E-state index in [2.05, 4.69) is 33.2 Å². The molecule has 16 heavy (non-hydrogen) atoms. The maximum absolute atomic E-state index is 11.9. The molecule has 2 heterocycles. The van der Waals surface area contributed by atoms with Gasteiger partial charge in [-0.05, 0) is 54.5 Å². The number of carbonyl (C=O) groups excluding carboxylic acids is 1. The van der Waals surface area contributed by atoms with Gasteiger partial charge in [0.25, 0.3) is 5.91 Å². The molecule has 1 aliphatic heterocycles. The third kappa shape index (κ3) is 2.64. The Morgan fingerprint density at radius 1 is 1.69 bits per heavy atom. The SMILES string of the molecule is Cc1cc(C(=O)NC2CCN(C)C2)sc1Br. The highest BCUT2D eigenvalue weighted by molar-refractivity contribution is 9.11. The fraction of sp³-hybridized carbons (Fsp3) is 0.545. The van der Waals surface area contributed by atoms with Gasteiger partial charge in [0.15, 0.2) is 0 Å². The lowest BCUT2D eigenvalue weighted by molar-refractivity contribution is 0.0942. The number of rotatable bonds is 2. The summed E-state index contributed by atoms with van der Waals surface area (Å²) < 4.78 is 1.04. The van der Waals surface area contributed by atoms with Crippen molar-refractivity contribution < 1.29 is 4.79 Å². The first kappa shape index (κ1) is 12.1. The summed E-state index contributed by atoms with van der Waals surface area (Å²) in [6.07, 6.45) is 1.05. The Morgan fingerprint density at radius 2 is 2.44 bits per heavy atom. The second-order valence-electron chi connectivity index (χ2n) is 4.29. The molecule has 2 rings (SSSR count). The van der Waals surface area contributed by atoms with Crippen molar-refractivity contribution in [1.29, 1.82) is 0 Å². The Hall–Kier alpha value is -0.390. The van der Waals surface area contributed by atoms with Crippen LogP contribution in [0.2, 0.25) is 0 Å². The minimum atomic E-state index is 0.0547. The van der Waals surface area contributed by atoms with Crippen molar-refractivity contribution in [2.75, 3.05) is 20.1 Å². The number of thiophene rings is 1. The molecule has 5 heteroatoms. The van der Waals surface area contributed by atoms with Gasteiger partial charge in [0.05, 0.1) is 8.66 Å². The molecule has 1 aromatic rings. The molecule has 1 aliphatic rings. The standard InChI is InChI=1S/C11H15BrN2OS/c1-7-5-9(16-10(7)12)11(15)13-8-3-4-14(2)6-8/h5,8H,3-4,6H2,1-2H3,(H,13,15). The average Bonchev–Trinajstić information content (AvgIpc) is 2.75. The summed E-state index contributed by atoms with van der Waals surface area (Å²) in [6, 6.07) is 2.24. The molecule has 1 amide bonds. The summed E-state index contributed by atoms with van der Waals surface area (Å²) in [6.45, 7) is 4.02. The molecule has 1 aromatic heterocycles. The molecule has 1 unspecified atom stereocenters. The number of nitrogens with zero attached hydrogens (tertiary/aromatic N) is 1. The molecule has 1 saturated heterocycles. The highest BCUT2D eigenvalue weighted by Crippen LogP contribution is 2.27. The van der Waals surface area contributed by atoms with Crippen molar-refractivity contribution in [3.8, 4) is 0 Å². The van der Waals surface area contributed by atoms with Crippen molar-refractivity contribution in [2.24, 2.45) is 0 Å². The maximum atomic E-state index is 11.9. The number of hydrogen-bond donors (Lipinski definition) is 1. The van der Waals surface area contributed by atoms with Gasteiger partial charge in [-0.25, -0.2) is 0 Å². The second-order valence-corrected chi connectivity index (χ2v) is 6.66. The number of aryl methyl sites for hydroxylation is 1. The van der Waals surface area contributed by atoms with Crippen molar-refractivity contribution >= 4 is 33.2 Å². The summed E-state index contributed by atoms with van der Waals surface area (Å²) >= 11 is 4.93. The number of likely N-dealkylation sites (tertiary alicyclic amines) is 1. The molecule has 0 aliphatic carbocycles. The second kappa shape index (κ2) is 4.85. The lowest BCUT2D eigenvalue weighted by atomic mass is 10.2. The van der Waals surface area contributed by atoms with Gasteiger partial charge in [-0.1, -0.05) is 0 Å². The molecule has 0 spiro atoms. The lowest BCUT2D eigenvalue weighted by Gasteiger charge is -2.11. The zero-order valence-corrected chi connectivity index (χ0v) is 11.8. The van der Waals surface area contributed by atoms with Crippen LogP contribution in [0, 0.1) is 6.92 Å². The third-order valence-electron chi connectivity index (χ3n) is 2.81. The summed E-state index contributed by atoms with van der Waals surface area (Å²) in [5, 5.41) is 3.08. The molecule has 0 aromatic carbocycles. The first-order valence-electron chi connectivity index (χ1n) is 5.31. The van der Waals surface area contributed by atoms with Gasteiger partial charge in [0, 0.05) is 12.6 Å². The quantitative estimate of drug-likeness (QED) is 0.909. The Kier molecular flexibility index (Phi) is 3.66. The Bertz CT molecular complexity index is 385. The highest BCUT2D eigenvalue weighted by Gasteiger charge is 2.22. The lowest BCUT2D eigenvalue weighted by Crippen LogP contribution is -2.36. The summed E-state index contributed by atoms with van der Waals surface area (Å²) in [4.78, 5) is 15.0. The Balaban J connectivity index is 1.98. The van der Waals surface area contributed by atoms with Crippen LogP contribution >= 0.6 is 27.3 Å². The number of nitrogens with one attached hydrogen (secondary N) is 1. The molecule has 0 radical (unpaired) electrons. The van der Waals surface area contributed by atoms with E-state index in [1.54, 1.807) is 0 Å². The fourth-order valence-electron chi connectivity index (χ4n) is 1.88. The number of likely N-dealkylation sites (N-methyl/N-ethyl adjacent to an activating group) is 1. The zero-order valence-electron chi connectivity index (χ0n) is 9.42. The minimum Gasteiger partial charge on any atom is -0.347 e. The van der Waals surface area contributed by atoms with Gasteiger partial charge in [0.2, 0.25) is 0 Å². The fourth-order valence-corrected chi connectivity index (χ4v) is 3.32. The van der Waals surface area contributed by atoms with E-state index in [4.69, 9.17) is 0 Å². The van der Waals surface area contributed by atoms with E-state index in [9.17, 15) is 4.79 Å². The smallest absolute Gasteiger partial charge is 0.261 e. The van der Waals surface area contributed by atoms with Gasteiger partial charge in [-0.3, -0.25) is 4.79 Å². The molecule has 0 bridgehead atoms. The number of amides is 1. The topological polar surface area (TPSA) is 32.3 Å². The number of hydrogen-bond acceptors (Lipinski definition) is 3. The molecule has 0 saturated carbocycles. The van der Waals surface area contributed by atoms with Crippen LogP contribution in [0.5, 0.6) is 0 Å². The largest absolute Gasteiger partial charge is 0.347 e. The van der Waals surface area contributed by atoms with Crippen LogP contribution in [0.1, 0.15) is 21.7 Å². The van der Waals surface area contributed by atoms with Gasteiger partial charge in [-0.15, -0.1) is 11.3 Å². The van der Waals surface area contributed by atoms with Gasteiger partial charge in [0.1, 0.15) is 0 Å². The van der Waals surface area contributed by atoms with Crippen LogP contribution in [-0.2, 0) is 0 Å². The molecule has 88 valence electrons. The van der Waals surface area contributed by atoms with Crippen LogP contribution in [0.3, 0.4) is 0 Å². The maximum Gasteiger partial charge on any atom is 0.261 e. The first-order chi connectivity index (χ1) is 7.56. The first-order valence-corrected chi connectivity index (χ1v) is 6.92. The van der Waals surface area contributed by atoms with E-state index < -0.39 is 0 Å². The number of carbonyl (C=O) groups is 1. The van der Waals surface area contributed by atoms with Gasteiger partial charge < -0.3 is 10.2 Å². The minimum absolute atomic E-state index is 0.0547. The van der Waals surface area contributed by atoms with Crippen molar-refractivity contribution in [2.45, 2.75) is 19.4 Å². The van der Waals surface area contributed by atoms with Crippen LogP contribution in [0.25, 0.3) is 0 Å². The average molecular weight is 303 g/mol.